The van der Waals surface area contributed by atoms with Crippen LogP contribution in [-0.2, 0) is 10.0 Å². The van der Waals surface area contributed by atoms with Crippen molar-refractivity contribution in [3.8, 4) is 11.6 Å². The molecule has 1 N–H and O–H groups in total. The summed E-state index contributed by atoms with van der Waals surface area (Å²) in [6.07, 6.45) is 2.85. The van der Waals surface area contributed by atoms with Crippen molar-refractivity contribution < 1.29 is 21.9 Å². The molecule has 0 saturated heterocycles. The Morgan fingerprint density at radius 3 is 2.59 bits per heavy atom. The van der Waals surface area contributed by atoms with Gasteiger partial charge in [0.15, 0.2) is 17.4 Å². The number of pyridine rings is 2. The Labute approximate surface area is 158 Å². The summed E-state index contributed by atoms with van der Waals surface area (Å²) >= 11 is 5.90. The van der Waals surface area contributed by atoms with Crippen LogP contribution in [0.4, 0.5) is 14.5 Å². The molecule has 10 heteroatoms. The van der Waals surface area contributed by atoms with Gasteiger partial charge in [-0.1, -0.05) is 11.6 Å². The lowest BCUT2D eigenvalue weighted by Gasteiger charge is -2.13. The molecule has 0 aliphatic heterocycles. The third-order valence-electron chi connectivity index (χ3n) is 3.43. The number of rotatable bonds is 5. The molecule has 2 aromatic heterocycles. The number of hydrogen-bond acceptors (Lipinski definition) is 5. The van der Waals surface area contributed by atoms with Crippen molar-refractivity contribution in [3.05, 3.63) is 71.1 Å². The lowest BCUT2D eigenvalue weighted by molar-refractivity contribution is 0.459. The minimum atomic E-state index is -4.25. The van der Waals surface area contributed by atoms with E-state index in [9.17, 15) is 17.2 Å². The Bertz CT molecular complexity index is 1110. The molecule has 2 heterocycles. The third kappa shape index (κ3) is 4.32. The Balaban J connectivity index is 1.97. The zero-order chi connectivity index (χ0) is 19.6. The number of aromatic nitrogens is 2. The minimum absolute atomic E-state index is 0.0736. The van der Waals surface area contributed by atoms with Crippen molar-refractivity contribution in [1.29, 1.82) is 0 Å². The monoisotopic (exact) mass is 411 g/mol. The normalized spacial score (nSPS) is 11.3. The fourth-order valence-electron chi connectivity index (χ4n) is 2.11. The zero-order valence-corrected chi connectivity index (χ0v) is 15.4. The molecule has 0 fully saturated rings. The first-order valence-electron chi connectivity index (χ1n) is 7.49. The van der Waals surface area contributed by atoms with E-state index < -0.39 is 26.6 Å². The van der Waals surface area contributed by atoms with Gasteiger partial charge in [0.1, 0.15) is 5.69 Å². The molecule has 27 heavy (non-hydrogen) atoms. The molecule has 3 aromatic rings. The van der Waals surface area contributed by atoms with Gasteiger partial charge in [0.2, 0.25) is 5.88 Å². The van der Waals surface area contributed by atoms with Crippen LogP contribution in [-0.4, -0.2) is 18.4 Å². The van der Waals surface area contributed by atoms with Crippen LogP contribution in [0.2, 0.25) is 5.02 Å². The summed E-state index contributed by atoms with van der Waals surface area (Å²) < 4.78 is 59.3. The first kappa shape index (κ1) is 19.0. The highest BCUT2D eigenvalue weighted by Crippen LogP contribution is 2.32. The van der Waals surface area contributed by atoms with Crippen LogP contribution in [0.15, 0.2) is 53.7 Å². The topological polar surface area (TPSA) is 81.2 Å². The van der Waals surface area contributed by atoms with Gasteiger partial charge in [-0.25, -0.2) is 22.2 Å². The quantitative estimate of drug-likeness (QED) is 0.676. The average molecular weight is 412 g/mol. The number of ether oxygens (including phenoxy) is 1. The molecular formula is C17H12ClF2N3O3S. The first-order chi connectivity index (χ1) is 12.8. The number of anilines is 1. The van der Waals surface area contributed by atoms with Crippen LogP contribution >= 0.6 is 11.6 Å². The molecule has 0 atom stereocenters. The van der Waals surface area contributed by atoms with Crippen LogP contribution < -0.4 is 9.46 Å². The van der Waals surface area contributed by atoms with E-state index in [1.54, 1.807) is 25.3 Å². The highest BCUT2D eigenvalue weighted by atomic mass is 35.5. The van der Waals surface area contributed by atoms with Crippen molar-refractivity contribution >= 4 is 27.3 Å². The van der Waals surface area contributed by atoms with Gasteiger partial charge in [-0.05, 0) is 43.3 Å². The maximum Gasteiger partial charge on any atom is 0.262 e. The van der Waals surface area contributed by atoms with Gasteiger partial charge in [-0.3, -0.25) is 9.71 Å². The Morgan fingerprint density at radius 1 is 1.11 bits per heavy atom. The van der Waals surface area contributed by atoms with Crippen molar-refractivity contribution in [3.63, 3.8) is 0 Å². The second-order valence-corrected chi connectivity index (χ2v) is 7.50. The summed E-state index contributed by atoms with van der Waals surface area (Å²) in [5.74, 6) is -2.17. The summed E-state index contributed by atoms with van der Waals surface area (Å²) in [5, 5.41) is 0.147. The predicted octanol–water partition coefficient (Wildman–Crippen LogP) is 4.31. The lowest BCUT2D eigenvalue weighted by atomic mass is 10.3. The molecule has 0 spiro atoms. The zero-order valence-electron chi connectivity index (χ0n) is 13.8. The molecule has 0 aliphatic carbocycles. The Kier molecular flexibility index (Phi) is 5.24. The summed E-state index contributed by atoms with van der Waals surface area (Å²) in [6.45, 7) is 1.70. The number of halogens is 3. The lowest BCUT2D eigenvalue weighted by Crippen LogP contribution is -2.14. The molecule has 0 saturated carbocycles. The average Bonchev–Trinajstić information content (AvgIpc) is 2.61. The number of benzene rings is 1. The molecule has 6 nitrogen and oxygen atoms in total. The van der Waals surface area contributed by atoms with E-state index in [2.05, 4.69) is 14.7 Å². The van der Waals surface area contributed by atoms with Gasteiger partial charge in [0.25, 0.3) is 10.0 Å². The summed E-state index contributed by atoms with van der Waals surface area (Å²) in [6, 6.07) is 6.78. The van der Waals surface area contributed by atoms with Crippen LogP contribution in [0.3, 0.4) is 0 Å². The van der Waals surface area contributed by atoms with Crippen LogP contribution in [0.1, 0.15) is 5.69 Å². The maximum atomic E-state index is 13.4. The van der Waals surface area contributed by atoms with Crippen molar-refractivity contribution in [2.75, 3.05) is 4.72 Å². The number of nitrogens with zero attached hydrogens (tertiary/aromatic N) is 2. The molecule has 0 aliphatic rings. The summed E-state index contributed by atoms with van der Waals surface area (Å²) in [4.78, 5) is 7.58. The van der Waals surface area contributed by atoms with Gasteiger partial charge >= 0.3 is 0 Å². The van der Waals surface area contributed by atoms with Crippen LogP contribution in [0.25, 0.3) is 0 Å². The SMILES string of the molecule is Cc1ncccc1Oc1ncc(Cl)cc1NS(=O)(=O)c1ccc(F)c(F)c1. The Hall–Kier alpha value is -2.78. The molecule has 3 rings (SSSR count). The van der Waals surface area contributed by atoms with Gasteiger partial charge in [-0.15, -0.1) is 0 Å². The Morgan fingerprint density at radius 2 is 1.89 bits per heavy atom. The van der Waals surface area contributed by atoms with Crippen molar-refractivity contribution in [1.82, 2.24) is 9.97 Å². The standard InChI is InChI=1S/C17H12ClF2N3O3S/c1-10-16(3-2-6-21-10)26-17-15(7-11(18)9-22-17)23-27(24,25)12-4-5-13(19)14(20)8-12/h2-9,23H,1H3. The molecule has 140 valence electrons. The highest BCUT2D eigenvalue weighted by Gasteiger charge is 2.20. The molecule has 1 aromatic carbocycles. The molecule has 0 amide bonds. The van der Waals surface area contributed by atoms with Gasteiger partial charge < -0.3 is 4.74 Å². The first-order valence-corrected chi connectivity index (χ1v) is 9.35. The van der Waals surface area contributed by atoms with E-state index >= 15 is 0 Å². The van der Waals surface area contributed by atoms with Crippen LogP contribution in [0.5, 0.6) is 11.6 Å². The molecular weight excluding hydrogens is 400 g/mol. The van der Waals surface area contributed by atoms with Crippen molar-refractivity contribution in [2.24, 2.45) is 0 Å². The van der Waals surface area contributed by atoms with E-state index in [0.29, 0.717) is 17.5 Å². The smallest absolute Gasteiger partial charge is 0.262 e. The summed E-state index contributed by atoms with van der Waals surface area (Å²) in [7, 11) is -4.25. The van der Waals surface area contributed by atoms with Gasteiger partial charge in [-0.2, -0.15) is 0 Å². The number of hydrogen-bond donors (Lipinski definition) is 1. The second kappa shape index (κ2) is 7.45. The fourth-order valence-corrected chi connectivity index (χ4v) is 3.33. The third-order valence-corrected chi connectivity index (χ3v) is 5.00. The van der Waals surface area contributed by atoms with Gasteiger partial charge in [0.05, 0.1) is 15.6 Å². The minimum Gasteiger partial charge on any atom is -0.435 e. The highest BCUT2D eigenvalue weighted by molar-refractivity contribution is 7.92. The second-order valence-electron chi connectivity index (χ2n) is 5.38. The van der Waals surface area contributed by atoms with Crippen LogP contribution in [0, 0.1) is 18.6 Å². The molecule has 0 bridgehead atoms. The van der Waals surface area contributed by atoms with E-state index in [-0.39, 0.29) is 16.6 Å². The van der Waals surface area contributed by atoms with E-state index in [1.807, 2.05) is 0 Å². The molecule has 0 unspecified atom stereocenters. The van der Waals surface area contributed by atoms with E-state index in [4.69, 9.17) is 16.3 Å². The number of nitrogens with one attached hydrogen (secondary N) is 1. The van der Waals surface area contributed by atoms with Crippen molar-refractivity contribution in [2.45, 2.75) is 11.8 Å². The van der Waals surface area contributed by atoms with E-state index in [1.165, 1.54) is 12.3 Å². The number of aryl methyl sites for hydroxylation is 1. The largest absolute Gasteiger partial charge is 0.435 e. The summed E-state index contributed by atoms with van der Waals surface area (Å²) in [5.41, 5.74) is 0.485. The van der Waals surface area contributed by atoms with Gasteiger partial charge in [0, 0.05) is 12.4 Å². The predicted molar refractivity (Wildman–Crippen MR) is 95.5 cm³/mol. The maximum absolute atomic E-state index is 13.4. The fraction of sp³-hybridized carbons (Fsp3) is 0.0588. The molecule has 0 radical (unpaired) electrons. The van der Waals surface area contributed by atoms with E-state index in [0.717, 1.165) is 12.1 Å². The number of sulfonamides is 1.